The van der Waals surface area contributed by atoms with Crippen LogP contribution in [0.5, 0.6) is 5.88 Å². The third-order valence-electron chi connectivity index (χ3n) is 3.93. The van der Waals surface area contributed by atoms with E-state index in [4.69, 9.17) is 4.74 Å². The number of pyridine rings is 1. The van der Waals surface area contributed by atoms with E-state index < -0.39 is 11.6 Å². The summed E-state index contributed by atoms with van der Waals surface area (Å²) in [6.07, 6.45) is 2.72. The van der Waals surface area contributed by atoms with Gasteiger partial charge in [0.15, 0.2) is 5.82 Å². The van der Waals surface area contributed by atoms with Gasteiger partial charge in [-0.15, -0.1) is 0 Å². The smallest absolute Gasteiger partial charge is 0.250 e. The van der Waals surface area contributed by atoms with Crippen molar-refractivity contribution in [1.82, 2.24) is 4.98 Å². The molecule has 126 valence electrons. The van der Waals surface area contributed by atoms with Crippen molar-refractivity contribution >= 4 is 17.3 Å². The molecule has 7 heteroatoms. The van der Waals surface area contributed by atoms with Gasteiger partial charge in [-0.05, 0) is 30.7 Å². The molecule has 1 N–H and O–H groups in total. The van der Waals surface area contributed by atoms with Gasteiger partial charge in [0.1, 0.15) is 5.82 Å². The van der Waals surface area contributed by atoms with Crippen LogP contribution < -0.4 is 15.0 Å². The van der Waals surface area contributed by atoms with Crippen molar-refractivity contribution in [2.45, 2.75) is 19.4 Å². The third-order valence-corrected chi connectivity index (χ3v) is 3.93. The molecule has 1 fully saturated rings. The van der Waals surface area contributed by atoms with Crippen molar-refractivity contribution in [3.63, 3.8) is 0 Å². The molecule has 1 aromatic heterocycles. The van der Waals surface area contributed by atoms with Crippen LogP contribution in [0, 0.1) is 11.6 Å². The van der Waals surface area contributed by atoms with Crippen molar-refractivity contribution in [1.29, 1.82) is 0 Å². The highest BCUT2D eigenvalue weighted by Crippen LogP contribution is 2.27. The van der Waals surface area contributed by atoms with Crippen molar-refractivity contribution < 1.29 is 18.3 Å². The van der Waals surface area contributed by atoms with Gasteiger partial charge in [-0.25, -0.2) is 13.8 Å². The standard InChI is InChI=1S/C17H17F2N3O2/c1-24-17-16(19)11(6-7-20-17)10-21-14-9-12(4-5-13(14)18)22-8-2-3-15(22)23/h4-7,9,21H,2-3,8,10H2,1H3. The second kappa shape index (κ2) is 6.82. The quantitative estimate of drug-likeness (QED) is 0.913. The highest BCUT2D eigenvalue weighted by Gasteiger charge is 2.22. The first kappa shape index (κ1) is 16.2. The normalized spacial score (nSPS) is 14.1. The SMILES string of the molecule is COc1nccc(CNc2cc(N3CCCC3=O)ccc2F)c1F. The molecule has 0 saturated carbocycles. The molecule has 0 bridgehead atoms. The van der Waals surface area contributed by atoms with Crippen LogP contribution in [-0.4, -0.2) is 24.5 Å². The number of nitrogens with one attached hydrogen (secondary N) is 1. The average Bonchev–Trinajstić information content (AvgIpc) is 3.01. The average molecular weight is 333 g/mol. The highest BCUT2D eigenvalue weighted by atomic mass is 19.1. The lowest BCUT2D eigenvalue weighted by molar-refractivity contribution is -0.117. The Bertz CT molecular complexity index is 767. The molecule has 1 amide bonds. The molecule has 0 spiro atoms. The maximum absolute atomic E-state index is 14.1. The largest absolute Gasteiger partial charge is 0.479 e. The summed E-state index contributed by atoms with van der Waals surface area (Å²) in [5, 5.41) is 2.86. The molecule has 1 aliphatic rings. The van der Waals surface area contributed by atoms with Gasteiger partial charge < -0.3 is 15.0 Å². The Hall–Kier alpha value is -2.70. The lowest BCUT2D eigenvalue weighted by Gasteiger charge is -2.17. The lowest BCUT2D eigenvalue weighted by Crippen LogP contribution is -2.23. The fourth-order valence-corrected chi connectivity index (χ4v) is 2.67. The van der Waals surface area contributed by atoms with E-state index in [1.54, 1.807) is 17.0 Å². The second-order valence-corrected chi connectivity index (χ2v) is 5.46. The molecule has 5 nitrogen and oxygen atoms in total. The molecular weight excluding hydrogens is 316 g/mol. The molecule has 3 rings (SSSR count). The molecule has 0 radical (unpaired) electrons. The van der Waals surface area contributed by atoms with Crippen LogP contribution in [0.4, 0.5) is 20.2 Å². The topological polar surface area (TPSA) is 54.5 Å². The van der Waals surface area contributed by atoms with Crippen LogP contribution in [0.25, 0.3) is 0 Å². The molecular formula is C17H17F2N3O2. The van der Waals surface area contributed by atoms with E-state index >= 15 is 0 Å². The monoisotopic (exact) mass is 333 g/mol. The van der Waals surface area contributed by atoms with Gasteiger partial charge in [0.05, 0.1) is 12.8 Å². The number of methoxy groups -OCH3 is 1. The summed E-state index contributed by atoms with van der Waals surface area (Å²) in [5.74, 6) is -1.13. The van der Waals surface area contributed by atoms with Crippen molar-refractivity contribution in [3.05, 3.63) is 47.7 Å². The Balaban J connectivity index is 1.79. The van der Waals surface area contributed by atoms with E-state index in [-0.39, 0.29) is 24.0 Å². The Morgan fingerprint density at radius 2 is 2.17 bits per heavy atom. The van der Waals surface area contributed by atoms with Gasteiger partial charge in [-0.3, -0.25) is 4.79 Å². The minimum Gasteiger partial charge on any atom is -0.479 e. The number of rotatable bonds is 5. The Kier molecular flexibility index (Phi) is 4.59. The van der Waals surface area contributed by atoms with Crippen LogP contribution in [-0.2, 0) is 11.3 Å². The Morgan fingerprint density at radius 3 is 2.88 bits per heavy atom. The van der Waals surface area contributed by atoms with E-state index in [0.717, 1.165) is 6.42 Å². The minimum atomic E-state index is -0.584. The number of carbonyl (C=O) groups excluding carboxylic acids is 1. The van der Waals surface area contributed by atoms with E-state index in [0.29, 0.717) is 24.2 Å². The van der Waals surface area contributed by atoms with E-state index in [2.05, 4.69) is 10.3 Å². The number of nitrogens with zero attached hydrogens (tertiary/aromatic N) is 2. The van der Waals surface area contributed by atoms with Gasteiger partial charge in [0, 0.05) is 37.0 Å². The van der Waals surface area contributed by atoms with E-state index in [1.165, 1.54) is 25.4 Å². The molecule has 0 unspecified atom stereocenters. The zero-order valence-electron chi connectivity index (χ0n) is 13.2. The molecule has 0 atom stereocenters. The van der Waals surface area contributed by atoms with Crippen LogP contribution in [0.15, 0.2) is 30.5 Å². The van der Waals surface area contributed by atoms with Gasteiger partial charge >= 0.3 is 0 Å². The fraction of sp³-hybridized carbons (Fsp3) is 0.294. The second-order valence-electron chi connectivity index (χ2n) is 5.46. The maximum Gasteiger partial charge on any atom is 0.250 e. The highest BCUT2D eigenvalue weighted by molar-refractivity contribution is 5.95. The molecule has 1 aliphatic heterocycles. The zero-order chi connectivity index (χ0) is 17.1. The Labute approximate surface area is 138 Å². The van der Waals surface area contributed by atoms with Crippen LogP contribution in [0.3, 0.4) is 0 Å². The third kappa shape index (κ3) is 3.15. The van der Waals surface area contributed by atoms with Crippen molar-refractivity contribution in [3.8, 4) is 5.88 Å². The number of ether oxygens (including phenoxy) is 1. The van der Waals surface area contributed by atoms with Crippen LogP contribution in [0.1, 0.15) is 18.4 Å². The summed E-state index contributed by atoms with van der Waals surface area (Å²) >= 11 is 0. The van der Waals surface area contributed by atoms with Crippen molar-refractivity contribution in [2.75, 3.05) is 23.9 Å². The molecule has 24 heavy (non-hydrogen) atoms. The van der Waals surface area contributed by atoms with Gasteiger partial charge in [0.2, 0.25) is 11.8 Å². The first-order chi connectivity index (χ1) is 11.6. The van der Waals surface area contributed by atoms with Crippen LogP contribution in [0.2, 0.25) is 0 Å². The summed E-state index contributed by atoms with van der Waals surface area (Å²) in [4.78, 5) is 17.2. The van der Waals surface area contributed by atoms with E-state index in [9.17, 15) is 13.6 Å². The minimum absolute atomic E-state index is 0.0254. The summed E-state index contributed by atoms with van der Waals surface area (Å²) < 4.78 is 32.9. The number of benzene rings is 1. The lowest BCUT2D eigenvalue weighted by atomic mass is 10.2. The number of halogens is 2. The fourth-order valence-electron chi connectivity index (χ4n) is 2.67. The van der Waals surface area contributed by atoms with Gasteiger partial charge in [-0.2, -0.15) is 0 Å². The molecule has 0 aliphatic carbocycles. The number of anilines is 2. The number of hydrogen-bond acceptors (Lipinski definition) is 4. The number of amides is 1. The van der Waals surface area contributed by atoms with Gasteiger partial charge in [-0.1, -0.05) is 0 Å². The van der Waals surface area contributed by atoms with E-state index in [1.807, 2.05) is 0 Å². The molecule has 1 aromatic carbocycles. The zero-order valence-corrected chi connectivity index (χ0v) is 13.2. The summed E-state index contributed by atoms with van der Waals surface area (Å²) in [5.41, 5.74) is 1.15. The molecule has 2 heterocycles. The number of hydrogen-bond donors (Lipinski definition) is 1. The molecule has 2 aromatic rings. The predicted octanol–water partition coefficient (Wildman–Crippen LogP) is 3.11. The first-order valence-corrected chi connectivity index (χ1v) is 7.61. The summed E-state index contributed by atoms with van der Waals surface area (Å²) in [6, 6.07) is 5.93. The predicted molar refractivity (Wildman–Crippen MR) is 86.1 cm³/mol. The van der Waals surface area contributed by atoms with Gasteiger partial charge in [0.25, 0.3) is 0 Å². The summed E-state index contributed by atoms with van der Waals surface area (Å²) in [7, 11) is 1.33. The summed E-state index contributed by atoms with van der Waals surface area (Å²) in [6.45, 7) is 0.694. The Morgan fingerprint density at radius 1 is 1.33 bits per heavy atom. The molecule has 1 saturated heterocycles. The van der Waals surface area contributed by atoms with Crippen LogP contribution >= 0.6 is 0 Å². The van der Waals surface area contributed by atoms with Crippen molar-refractivity contribution in [2.24, 2.45) is 0 Å². The maximum atomic E-state index is 14.1. The first-order valence-electron chi connectivity index (χ1n) is 7.61. The number of aromatic nitrogens is 1. The number of carbonyl (C=O) groups is 1.